The summed E-state index contributed by atoms with van der Waals surface area (Å²) < 4.78 is 5.79. The first-order valence-electron chi connectivity index (χ1n) is 7.56. The fourth-order valence-electron chi connectivity index (χ4n) is 2.09. The molecule has 118 valence electrons. The molecule has 5 nitrogen and oxygen atoms in total. The molecule has 1 atom stereocenters. The van der Waals surface area contributed by atoms with E-state index >= 15 is 0 Å². The van der Waals surface area contributed by atoms with Gasteiger partial charge in [0.2, 0.25) is 5.91 Å². The van der Waals surface area contributed by atoms with Crippen LogP contribution in [0.3, 0.4) is 0 Å². The van der Waals surface area contributed by atoms with Crippen LogP contribution in [0.4, 0.5) is 0 Å². The lowest BCUT2D eigenvalue weighted by Crippen LogP contribution is -2.37. The van der Waals surface area contributed by atoms with E-state index in [0.29, 0.717) is 25.3 Å². The van der Waals surface area contributed by atoms with Crippen molar-refractivity contribution in [2.24, 2.45) is 0 Å². The highest BCUT2D eigenvalue weighted by atomic mass is 16.4. The summed E-state index contributed by atoms with van der Waals surface area (Å²) in [6.45, 7) is 4.56. The van der Waals surface area contributed by atoms with E-state index in [0.717, 1.165) is 17.0 Å². The lowest BCUT2D eigenvalue weighted by atomic mass is 10.1. The number of nitrogens with one attached hydrogen (secondary N) is 2. The lowest BCUT2D eigenvalue weighted by Gasteiger charge is -2.10. The molecule has 0 radical (unpaired) electrons. The molecule has 0 aliphatic heterocycles. The number of aryl methyl sites for hydroxylation is 2. The number of benzene rings is 1. The van der Waals surface area contributed by atoms with Gasteiger partial charge in [-0.2, -0.15) is 0 Å². The highest BCUT2D eigenvalue weighted by Crippen LogP contribution is 2.24. The summed E-state index contributed by atoms with van der Waals surface area (Å²) in [6.07, 6.45) is 0.887. The van der Waals surface area contributed by atoms with E-state index < -0.39 is 0 Å². The normalized spacial score (nSPS) is 12.1. The van der Waals surface area contributed by atoms with Crippen molar-refractivity contribution in [3.05, 3.63) is 41.9 Å². The molecule has 22 heavy (non-hydrogen) atoms. The SMILES string of the molecule is CNC(C)CNC(=O)CCc1nc(C)c(-c2ccccc2)o1. The van der Waals surface area contributed by atoms with E-state index in [1.165, 1.54) is 0 Å². The van der Waals surface area contributed by atoms with Gasteiger partial charge in [-0.1, -0.05) is 30.3 Å². The Kier molecular flexibility index (Phi) is 5.72. The molecule has 0 aliphatic rings. The molecule has 1 aromatic carbocycles. The van der Waals surface area contributed by atoms with Crippen LogP contribution >= 0.6 is 0 Å². The van der Waals surface area contributed by atoms with Crippen molar-refractivity contribution in [3.8, 4) is 11.3 Å². The number of rotatable bonds is 7. The number of hydrogen-bond acceptors (Lipinski definition) is 4. The minimum atomic E-state index is 0.0132. The summed E-state index contributed by atoms with van der Waals surface area (Å²) in [6, 6.07) is 10.1. The smallest absolute Gasteiger partial charge is 0.220 e. The maximum atomic E-state index is 11.8. The van der Waals surface area contributed by atoms with Gasteiger partial charge in [0, 0.05) is 31.0 Å². The Morgan fingerprint density at radius 1 is 1.32 bits per heavy atom. The zero-order valence-electron chi connectivity index (χ0n) is 13.3. The second kappa shape index (κ2) is 7.75. The molecule has 1 amide bonds. The van der Waals surface area contributed by atoms with Crippen molar-refractivity contribution in [1.82, 2.24) is 15.6 Å². The molecule has 1 unspecified atom stereocenters. The summed E-state index contributed by atoms with van der Waals surface area (Å²) in [7, 11) is 1.87. The second-order valence-electron chi connectivity index (χ2n) is 5.38. The van der Waals surface area contributed by atoms with Crippen LogP contribution in [-0.2, 0) is 11.2 Å². The van der Waals surface area contributed by atoms with Gasteiger partial charge >= 0.3 is 0 Å². The molecule has 5 heteroatoms. The Morgan fingerprint density at radius 2 is 2.05 bits per heavy atom. The van der Waals surface area contributed by atoms with Gasteiger partial charge in [0.25, 0.3) is 0 Å². The number of hydrogen-bond donors (Lipinski definition) is 2. The molecule has 0 spiro atoms. The van der Waals surface area contributed by atoms with E-state index in [4.69, 9.17) is 4.42 Å². The molecular formula is C17H23N3O2. The van der Waals surface area contributed by atoms with Crippen LogP contribution in [0.5, 0.6) is 0 Å². The Balaban J connectivity index is 1.91. The maximum absolute atomic E-state index is 11.8. The Bertz CT molecular complexity index is 608. The predicted octanol–water partition coefficient (Wildman–Crippen LogP) is 2.31. The van der Waals surface area contributed by atoms with Crippen molar-refractivity contribution < 1.29 is 9.21 Å². The van der Waals surface area contributed by atoms with Crippen molar-refractivity contribution in [2.45, 2.75) is 32.7 Å². The molecular weight excluding hydrogens is 278 g/mol. The van der Waals surface area contributed by atoms with Crippen LogP contribution in [0.25, 0.3) is 11.3 Å². The van der Waals surface area contributed by atoms with Crippen LogP contribution in [-0.4, -0.2) is 30.5 Å². The quantitative estimate of drug-likeness (QED) is 0.823. The van der Waals surface area contributed by atoms with Crippen molar-refractivity contribution in [1.29, 1.82) is 0 Å². The van der Waals surface area contributed by atoms with Crippen molar-refractivity contribution >= 4 is 5.91 Å². The first-order chi connectivity index (χ1) is 10.6. The predicted molar refractivity (Wildman–Crippen MR) is 86.5 cm³/mol. The van der Waals surface area contributed by atoms with Crippen LogP contribution in [0.1, 0.15) is 24.9 Å². The van der Waals surface area contributed by atoms with E-state index in [-0.39, 0.29) is 11.9 Å². The highest BCUT2D eigenvalue weighted by molar-refractivity contribution is 5.76. The molecule has 1 aromatic heterocycles. The van der Waals surface area contributed by atoms with E-state index in [1.54, 1.807) is 0 Å². The summed E-state index contributed by atoms with van der Waals surface area (Å²) >= 11 is 0. The number of amides is 1. The second-order valence-corrected chi connectivity index (χ2v) is 5.38. The van der Waals surface area contributed by atoms with Crippen LogP contribution in [0.15, 0.2) is 34.7 Å². The largest absolute Gasteiger partial charge is 0.440 e. The van der Waals surface area contributed by atoms with Gasteiger partial charge in [-0.3, -0.25) is 4.79 Å². The molecule has 0 bridgehead atoms. The molecule has 0 fully saturated rings. The third-order valence-electron chi connectivity index (χ3n) is 3.54. The molecule has 0 saturated carbocycles. The number of nitrogens with zero attached hydrogens (tertiary/aromatic N) is 1. The fourth-order valence-corrected chi connectivity index (χ4v) is 2.09. The van der Waals surface area contributed by atoms with Crippen molar-refractivity contribution in [3.63, 3.8) is 0 Å². The summed E-state index contributed by atoms with van der Waals surface area (Å²) in [4.78, 5) is 16.2. The average Bonchev–Trinajstić information content (AvgIpc) is 2.92. The van der Waals surface area contributed by atoms with Gasteiger partial charge in [0.15, 0.2) is 11.7 Å². The van der Waals surface area contributed by atoms with Crippen molar-refractivity contribution in [2.75, 3.05) is 13.6 Å². The first kappa shape index (κ1) is 16.2. The van der Waals surface area contributed by atoms with E-state index in [9.17, 15) is 4.79 Å². The first-order valence-corrected chi connectivity index (χ1v) is 7.56. The number of oxazole rings is 1. The van der Waals surface area contributed by atoms with Gasteiger partial charge < -0.3 is 15.1 Å². The maximum Gasteiger partial charge on any atom is 0.220 e. The lowest BCUT2D eigenvalue weighted by molar-refractivity contribution is -0.121. The summed E-state index contributed by atoms with van der Waals surface area (Å²) in [5, 5.41) is 5.96. The van der Waals surface area contributed by atoms with Crippen LogP contribution < -0.4 is 10.6 Å². The standard InChI is InChI=1S/C17H23N3O2/c1-12(18-3)11-19-15(21)9-10-16-20-13(2)17(22-16)14-7-5-4-6-8-14/h4-8,12,18H,9-11H2,1-3H3,(H,19,21). The highest BCUT2D eigenvalue weighted by Gasteiger charge is 2.13. The molecule has 0 saturated heterocycles. The monoisotopic (exact) mass is 301 g/mol. The number of carbonyl (C=O) groups is 1. The Hall–Kier alpha value is -2.14. The van der Waals surface area contributed by atoms with Gasteiger partial charge in [0.05, 0.1) is 5.69 Å². The van der Waals surface area contributed by atoms with E-state index in [2.05, 4.69) is 15.6 Å². The van der Waals surface area contributed by atoms with Gasteiger partial charge in [-0.25, -0.2) is 4.98 Å². The van der Waals surface area contributed by atoms with E-state index in [1.807, 2.05) is 51.2 Å². The summed E-state index contributed by atoms with van der Waals surface area (Å²) in [5.74, 6) is 1.40. The molecule has 2 N–H and O–H groups in total. The number of likely N-dealkylation sites (N-methyl/N-ethyl adjacent to an activating group) is 1. The Labute approximate surface area is 131 Å². The van der Waals surface area contributed by atoms with Gasteiger partial charge in [-0.15, -0.1) is 0 Å². The summed E-state index contributed by atoms with van der Waals surface area (Å²) in [5.41, 5.74) is 1.86. The van der Waals surface area contributed by atoms with Crippen LogP contribution in [0, 0.1) is 6.92 Å². The third kappa shape index (κ3) is 4.43. The zero-order valence-corrected chi connectivity index (χ0v) is 13.3. The average molecular weight is 301 g/mol. The number of aromatic nitrogens is 1. The minimum absolute atomic E-state index is 0.0132. The van der Waals surface area contributed by atoms with Gasteiger partial charge in [-0.05, 0) is 20.9 Å². The third-order valence-corrected chi connectivity index (χ3v) is 3.54. The molecule has 1 heterocycles. The fraction of sp³-hybridized carbons (Fsp3) is 0.412. The zero-order chi connectivity index (χ0) is 15.9. The molecule has 2 aromatic rings. The number of carbonyl (C=O) groups excluding carboxylic acids is 1. The van der Waals surface area contributed by atoms with Crippen LogP contribution in [0.2, 0.25) is 0 Å². The topological polar surface area (TPSA) is 67.2 Å². The van der Waals surface area contributed by atoms with Gasteiger partial charge in [0.1, 0.15) is 0 Å². The Morgan fingerprint density at radius 3 is 2.73 bits per heavy atom. The molecule has 0 aliphatic carbocycles. The molecule has 2 rings (SSSR count). The minimum Gasteiger partial charge on any atom is -0.440 e.